The van der Waals surface area contributed by atoms with Gasteiger partial charge >= 0.3 is 0 Å². The molecule has 2 nitrogen and oxygen atoms in total. The number of thioether (sulfide) groups is 1. The second-order valence-electron chi connectivity index (χ2n) is 3.58. The van der Waals surface area contributed by atoms with E-state index in [1.165, 1.54) is 0 Å². The van der Waals surface area contributed by atoms with Crippen LogP contribution in [0.25, 0.3) is 0 Å². The van der Waals surface area contributed by atoms with Crippen molar-refractivity contribution in [1.29, 1.82) is 0 Å². The topological polar surface area (TPSA) is 25.2 Å². The Labute approximate surface area is 104 Å². The third-order valence-electron chi connectivity index (χ3n) is 2.38. The zero-order valence-electron chi connectivity index (χ0n) is 9.42. The first-order valence-corrected chi connectivity index (χ1v) is 7.35. The van der Waals surface area contributed by atoms with Gasteiger partial charge in [0.1, 0.15) is 5.76 Å². The van der Waals surface area contributed by atoms with Gasteiger partial charge in [0, 0.05) is 11.8 Å². The molecule has 1 N–H and O–H groups in total. The maximum Gasteiger partial charge on any atom is 0.134 e. The molecule has 15 heavy (non-hydrogen) atoms. The number of rotatable bonds is 6. The maximum absolute atomic E-state index is 5.43. The van der Waals surface area contributed by atoms with Gasteiger partial charge in [-0.15, -0.1) is 0 Å². The minimum Gasteiger partial charge on any atom is -0.466 e. The lowest BCUT2D eigenvalue weighted by molar-refractivity contribution is 0.394. The Bertz CT molecular complexity index is 290. The molecule has 0 amide bonds. The van der Waals surface area contributed by atoms with Crippen molar-refractivity contribution in [2.45, 2.75) is 32.4 Å². The first-order valence-electron chi connectivity index (χ1n) is 5.16. The van der Waals surface area contributed by atoms with E-state index in [-0.39, 0.29) is 6.04 Å². The van der Waals surface area contributed by atoms with E-state index in [0.717, 1.165) is 22.4 Å². The molecule has 0 aliphatic carbocycles. The van der Waals surface area contributed by atoms with Crippen LogP contribution in [-0.4, -0.2) is 18.1 Å². The van der Waals surface area contributed by atoms with Crippen molar-refractivity contribution in [2.75, 3.05) is 12.0 Å². The molecule has 0 aliphatic rings. The average molecular weight is 292 g/mol. The van der Waals surface area contributed by atoms with Gasteiger partial charge in [-0.1, -0.05) is 6.92 Å². The Morgan fingerprint density at radius 3 is 2.80 bits per heavy atom. The van der Waals surface area contributed by atoms with E-state index in [9.17, 15) is 0 Å². The molecule has 0 radical (unpaired) electrons. The van der Waals surface area contributed by atoms with Crippen LogP contribution in [0.1, 0.15) is 32.1 Å². The largest absolute Gasteiger partial charge is 0.466 e. The minimum absolute atomic E-state index is 0.256. The molecule has 1 aromatic rings. The van der Waals surface area contributed by atoms with E-state index in [1.54, 1.807) is 6.26 Å². The Morgan fingerprint density at radius 1 is 1.60 bits per heavy atom. The van der Waals surface area contributed by atoms with E-state index in [4.69, 9.17) is 4.42 Å². The highest BCUT2D eigenvalue weighted by atomic mass is 79.9. The molecule has 0 saturated heterocycles. The molecule has 1 aromatic heterocycles. The monoisotopic (exact) mass is 291 g/mol. The minimum atomic E-state index is 0.256. The summed E-state index contributed by atoms with van der Waals surface area (Å²) >= 11 is 5.35. The summed E-state index contributed by atoms with van der Waals surface area (Å²) in [5.41, 5.74) is 0. The normalized spacial score (nSPS) is 15.2. The third-order valence-corrected chi connectivity index (χ3v) is 3.78. The first-order chi connectivity index (χ1) is 7.19. The molecule has 2 unspecified atom stereocenters. The number of halogens is 1. The summed E-state index contributed by atoms with van der Waals surface area (Å²) in [6, 6.07) is 2.74. The van der Waals surface area contributed by atoms with Crippen LogP contribution in [0.4, 0.5) is 0 Å². The van der Waals surface area contributed by atoms with Crippen LogP contribution in [0.5, 0.6) is 0 Å². The summed E-state index contributed by atoms with van der Waals surface area (Å²) in [7, 11) is 0. The molecule has 0 fully saturated rings. The molecule has 86 valence electrons. The van der Waals surface area contributed by atoms with Crippen LogP contribution >= 0.6 is 27.7 Å². The molecule has 0 bridgehead atoms. The molecular weight excluding hydrogens is 274 g/mol. The molecule has 0 saturated carbocycles. The smallest absolute Gasteiger partial charge is 0.134 e. The summed E-state index contributed by atoms with van der Waals surface area (Å²) < 4.78 is 6.48. The van der Waals surface area contributed by atoms with Gasteiger partial charge in [0.05, 0.1) is 16.8 Å². The lowest BCUT2D eigenvalue weighted by atomic mass is 10.2. The van der Waals surface area contributed by atoms with Crippen molar-refractivity contribution in [3.05, 3.63) is 22.6 Å². The van der Waals surface area contributed by atoms with Crippen LogP contribution in [0, 0.1) is 0 Å². The number of furan rings is 1. The van der Waals surface area contributed by atoms with Crippen molar-refractivity contribution in [3.63, 3.8) is 0 Å². The van der Waals surface area contributed by atoms with E-state index >= 15 is 0 Å². The summed E-state index contributed by atoms with van der Waals surface area (Å²) in [6.07, 6.45) is 4.99. The van der Waals surface area contributed by atoms with Crippen LogP contribution < -0.4 is 5.32 Å². The molecule has 0 spiro atoms. The Morgan fingerprint density at radius 2 is 2.33 bits per heavy atom. The molecule has 4 heteroatoms. The quantitative estimate of drug-likeness (QED) is 0.862. The standard InChI is InChI=1S/C11H18BrNOS/c1-4-9(7-15-3)13-8(2)11-10(12)5-6-14-11/h5-6,8-9,13H,4,7H2,1-3H3. The van der Waals surface area contributed by atoms with Crippen molar-refractivity contribution in [1.82, 2.24) is 5.32 Å². The van der Waals surface area contributed by atoms with Gasteiger partial charge in [0.25, 0.3) is 0 Å². The van der Waals surface area contributed by atoms with Crippen molar-refractivity contribution >= 4 is 27.7 Å². The van der Waals surface area contributed by atoms with Crippen LogP contribution in [0.3, 0.4) is 0 Å². The fraction of sp³-hybridized carbons (Fsp3) is 0.636. The summed E-state index contributed by atoms with van der Waals surface area (Å²) in [4.78, 5) is 0. The highest BCUT2D eigenvalue weighted by Crippen LogP contribution is 2.24. The average Bonchev–Trinajstić information content (AvgIpc) is 2.63. The van der Waals surface area contributed by atoms with Crippen molar-refractivity contribution in [3.8, 4) is 0 Å². The van der Waals surface area contributed by atoms with Gasteiger partial charge in [0.2, 0.25) is 0 Å². The zero-order valence-corrected chi connectivity index (χ0v) is 11.8. The number of nitrogens with one attached hydrogen (secondary N) is 1. The molecule has 0 aliphatic heterocycles. The molecule has 1 rings (SSSR count). The second kappa shape index (κ2) is 6.61. The lowest BCUT2D eigenvalue weighted by Gasteiger charge is -2.20. The highest BCUT2D eigenvalue weighted by molar-refractivity contribution is 9.10. The maximum atomic E-state index is 5.43. The molecule has 2 atom stereocenters. The summed E-state index contributed by atoms with van der Waals surface area (Å²) in [5, 5.41) is 3.57. The third kappa shape index (κ3) is 3.85. The first kappa shape index (κ1) is 13.1. The number of hydrogen-bond acceptors (Lipinski definition) is 3. The van der Waals surface area contributed by atoms with Gasteiger partial charge in [-0.3, -0.25) is 0 Å². The molecule has 1 heterocycles. The van der Waals surface area contributed by atoms with E-state index in [1.807, 2.05) is 17.8 Å². The Kier molecular flexibility index (Phi) is 5.79. The van der Waals surface area contributed by atoms with Crippen molar-refractivity contribution < 1.29 is 4.42 Å². The summed E-state index contributed by atoms with van der Waals surface area (Å²) in [5.74, 6) is 2.12. The van der Waals surface area contributed by atoms with Crippen LogP contribution in [-0.2, 0) is 0 Å². The fourth-order valence-corrected chi connectivity index (χ4v) is 2.81. The SMILES string of the molecule is CCC(CSC)NC(C)c1occc1Br. The van der Waals surface area contributed by atoms with E-state index in [0.29, 0.717) is 6.04 Å². The molecule has 0 aromatic carbocycles. The second-order valence-corrected chi connectivity index (χ2v) is 5.35. The number of hydrogen-bond donors (Lipinski definition) is 1. The predicted molar refractivity (Wildman–Crippen MR) is 70.4 cm³/mol. The van der Waals surface area contributed by atoms with Crippen LogP contribution in [0.15, 0.2) is 21.2 Å². The van der Waals surface area contributed by atoms with Gasteiger partial charge in [-0.2, -0.15) is 11.8 Å². The zero-order chi connectivity index (χ0) is 11.3. The Balaban J connectivity index is 2.54. The van der Waals surface area contributed by atoms with E-state index in [2.05, 4.69) is 41.3 Å². The van der Waals surface area contributed by atoms with Gasteiger partial charge in [-0.25, -0.2) is 0 Å². The van der Waals surface area contributed by atoms with Crippen LogP contribution in [0.2, 0.25) is 0 Å². The predicted octanol–water partition coefficient (Wildman–Crippen LogP) is 3.83. The highest BCUT2D eigenvalue weighted by Gasteiger charge is 2.16. The summed E-state index contributed by atoms with van der Waals surface area (Å²) in [6.45, 7) is 4.34. The van der Waals surface area contributed by atoms with Gasteiger partial charge < -0.3 is 9.73 Å². The van der Waals surface area contributed by atoms with Gasteiger partial charge in [0.15, 0.2) is 0 Å². The van der Waals surface area contributed by atoms with E-state index < -0.39 is 0 Å². The molecular formula is C11H18BrNOS. The fourth-order valence-electron chi connectivity index (χ4n) is 1.53. The van der Waals surface area contributed by atoms with Gasteiger partial charge in [-0.05, 0) is 41.6 Å². The lowest BCUT2D eigenvalue weighted by Crippen LogP contribution is -2.32. The van der Waals surface area contributed by atoms with Crippen molar-refractivity contribution in [2.24, 2.45) is 0 Å². The Hall–Kier alpha value is 0.0700.